The van der Waals surface area contributed by atoms with Gasteiger partial charge in [0.2, 0.25) is 11.8 Å². The number of nitrogens with one attached hydrogen (secondary N) is 2. The molecule has 0 bridgehead atoms. The summed E-state index contributed by atoms with van der Waals surface area (Å²) in [6.45, 7) is 8.34. The van der Waals surface area contributed by atoms with Gasteiger partial charge in [0, 0.05) is 37.1 Å². The topological polar surface area (TPSA) is 441 Å². The summed E-state index contributed by atoms with van der Waals surface area (Å²) in [5, 5.41) is 60.3. The van der Waals surface area contributed by atoms with Crippen LogP contribution in [0.4, 0.5) is 5.82 Å². The first-order chi connectivity index (χ1) is 37.2. The molecule has 3 heterocycles. The number of phosphoric ester groups is 3. The number of rotatable bonds is 25. The lowest BCUT2D eigenvalue weighted by molar-refractivity contribution is -0.207. The van der Waals surface area contributed by atoms with Crippen LogP contribution in [0.2, 0.25) is 0 Å². The van der Waals surface area contributed by atoms with Crippen LogP contribution >= 0.6 is 35.2 Å². The van der Waals surface area contributed by atoms with Crippen molar-refractivity contribution in [1.82, 2.24) is 30.2 Å². The summed E-state index contributed by atoms with van der Waals surface area (Å²) in [6, 6.07) is 0. The summed E-state index contributed by atoms with van der Waals surface area (Å²) in [4.78, 5) is 103. The molecule has 2 aromatic rings. The average Bonchev–Trinajstić information content (AvgIpc) is 3.66. The average molecular weight is 1210 g/mol. The minimum atomic E-state index is -5.62. The number of carbonyl (C=O) groups is 4. The third-order valence-electron chi connectivity index (χ3n) is 17.9. The molecule has 4 saturated carbocycles. The van der Waals surface area contributed by atoms with Gasteiger partial charge in [-0.05, 0) is 105 Å². The number of imidazole rings is 1. The molecular weight excluding hydrogens is 1140 g/mol. The molecule has 19 unspecified atom stereocenters. The number of phosphoric acid groups is 3. The van der Waals surface area contributed by atoms with Gasteiger partial charge in [0.25, 0.3) is 0 Å². The predicted molar refractivity (Wildman–Crippen MR) is 284 cm³/mol. The number of fused-ring (bicyclic) bond motifs is 6. The SMILES string of the molecule is CC(C(=O)CCC(C)C1CCC2C3C(O)CC4CC(O)CCC4(C)C3CC(O)C12C)C(=O)SCCNC(=O)CCNC(=O)C(O)C(C)(C)COP(=O)(O)OP(=O)(O)OCC1OC(n2cnc3c(N)ncnc32)C(O)C1OP(=O)(O)O. The van der Waals surface area contributed by atoms with Crippen molar-refractivity contribution in [2.75, 3.05) is 37.8 Å². The molecule has 13 N–H and O–H groups in total. The van der Waals surface area contributed by atoms with E-state index in [4.69, 9.17) is 19.5 Å². The molecule has 0 radical (unpaired) electrons. The van der Waals surface area contributed by atoms with Gasteiger partial charge in [0.1, 0.15) is 42.0 Å². The Hall–Kier alpha value is -2.89. The van der Waals surface area contributed by atoms with E-state index < -0.39 is 108 Å². The maximum atomic E-state index is 13.3. The van der Waals surface area contributed by atoms with E-state index in [-0.39, 0.29) is 107 Å². The predicted octanol–water partition coefficient (Wildman–Crippen LogP) is 2.25. The normalized spacial score (nSPS) is 34.2. The van der Waals surface area contributed by atoms with Crippen LogP contribution in [0, 0.1) is 57.7 Å². The number of hydrogen-bond donors (Lipinski definition) is 12. The molecule has 32 heteroatoms. The molecule has 5 fully saturated rings. The number of aliphatic hydroxyl groups excluding tert-OH is 5. The molecule has 5 aliphatic rings. The second kappa shape index (κ2) is 25.4. The van der Waals surface area contributed by atoms with E-state index in [0.717, 1.165) is 54.7 Å². The third-order valence-corrected chi connectivity index (χ3v) is 22.1. The van der Waals surface area contributed by atoms with Crippen LogP contribution in [0.3, 0.4) is 0 Å². The van der Waals surface area contributed by atoms with Gasteiger partial charge in [-0.15, -0.1) is 0 Å². The molecule has 0 aromatic carbocycles. The molecule has 4 aliphatic carbocycles. The van der Waals surface area contributed by atoms with E-state index in [0.29, 0.717) is 25.7 Å². The number of hydrogen-bond acceptors (Lipinski definition) is 22. The number of ether oxygens (including phenoxy) is 1. The minimum absolute atomic E-state index is 0.0179. The van der Waals surface area contributed by atoms with Gasteiger partial charge in [-0.1, -0.05) is 46.4 Å². The summed E-state index contributed by atoms with van der Waals surface area (Å²) in [5.74, 6) is -1.63. The maximum Gasteiger partial charge on any atom is 0.481 e. The van der Waals surface area contributed by atoms with Crippen LogP contribution in [0.25, 0.3) is 11.2 Å². The molecule has 452 valence electrons. The van der Waals surface area contributed by atoms with Crippen molar-refractivity contribution in [3.63, 3.8) is 0 Å². The zero-order chi connectivity index (χ0) is 59.1. The molecule has 7 rings (SSSR count). The molecule has 0 spiro atoms. The van der Waals surface area contributed by atoms with E-state index in [2.05, 4.69) is 55.2 Å². The van der Waals surface area contributed by atoms with Crippen LogP contribution < -0.4 is 16.4 Å². The van der Waals surface area contributed by atoms with Gasteiger partial charge in [0.15, 0.2) is 22.8 Å². The molecule has 19 atom stereocenters. The Morgan fingerprint density at radius 2 is 1.62 bits per heavy atom. The number of nitrogens with two attached hydrogens (primary N) is 1. The van der Waals surface area contributed by atoms with Crippen LogP contribution in [0.1, 0.15) is 112 Å². The van der Waals surface area contributed by atoms with Gasteiger partial charge in [-0.25, -0.2) is 28.6 Å². The second-order valence-electron chi connectivity index (χ2n) is 23.5. The van der Waals surface area contributed by atoms with Crippen molar-refractivity contribution < 1.29 is 101 Å². The summed E-state index contributed by atoms with van der Waals surface area (Å²) < 4.78 is 62.7. The Morgan fingerprint density at radius 1 is 0.925 bits per heavy atom. The summed E-state index contributed by atoms with van der Waals surface area (Å²) in [5.41, 5.74) is 3.77. The molecular formula is C48H78N7O21P3S. The Balaban J connectivity index is 0.780. The number of carbonyl (C=O) groups excluding carboxylic acids is 4. The summed E-state index contributed by atoms with van der Waals surface area (Å²) >= 11 is 0.908. The van der Waals surface area contributed by atoms with Gasteiger partial charge >= 0.3 is 23.5 Å². The number of ketones is 1. The number of nitrogen functional groups attached to an aromatic ring is 1. The van der Waals surface area contributed by atoms with Crippen LogP contribution in [-0.2, 0) is 55.5 Å². The summed E-state index contributed by atoms with van der Waals surface area (Å²) in [7, 11) is -16.5. The van der Waals surface area contributed by atoms with Crippen molar-refractivity contribution in [3.05, 3.63) is 12.7 Å². The van der Waals surface area contributed by atoms with E-state index >= 15 is 0 Å². The lowest BCUT2D eigenvalue weighted by atomic mass is 9.43. The van der Waals surface area contributed by atoms with Crippen LogP contribution in [0.5, 0.6) is 0 Å². The van der Waals surface area contributed by atoms with E-state index in [1.807, 2.05) is 0 Å². The number of anilines is 1. The molecule has 1 aliphatic heterocycles. The van der Waals surface area contributed by atoms with Crippen LogP contribution in [0.15, 0.2) is 12.7 Å². The quantitative estimate of drug-likeness (QED) is 0.0385. The number of nitrogens with zero attached hydrogens (tertiary/aromatic N) is 4. The molecule has 2 amide bonds. The lowest BCUT2D eigenvalue weighted by Crippen LogP contribution is -2.62. The standard InChI is InChI=1S/C48H78N7O21P3S/c1-24(28-8-9-29-36-30(19-34(59)48(28,29)6)47(5)13-11-27(56)17-26(47)18-32(36)58)7-10-31(57)25(2)45(64)80-16-15-50-35(60)12-14-51-43(63)40(62)46(3,4)21-73-79(70,71)76-78(68,69)72-20-33-39(75-77(65,66)67)38(61)44(74-33)55-23-54-37-41(49)52-22-53-42(37)55/h22-30,32-34,36,38-40,44,56,58-59,61-62H,7-21H2,1-6H3,(H,50,60)(H,51,63)(H,68,69)(H,70,71)(H2,49,52,53)(H2,65,66,67). The minimum Gasteiger partial charge on any atom is -0.393 e. The molecule has 28 nitrogen and oxygen atoms in total. The highest BCUT2D eigenvalue weighted by atomic mass is 32.2. The summed E-state index contributed by atoms with van der Waals surface area (Å²) in [6.07, 6.45) is -2.38. The number of aliphatic hydroxyl groups is 5. The Morgan fingerprint density at radius 3 is 2.33 bits per heavy atom. The van der Waals surface area contributed by atoms with E-state index in [1.54, 1.807) is 6.92 Å². The van der Waals surface area contributed by atoms with Crippen molar-refractivity contribution in [2.24, 2.45) is 57.7 Å². The Labute approximate surface area is 466 Å². The Bertz CT molecular complexity index is 2720. The first kappa shape index (κ1) is 64.7. The first-order valence-electron chi connectivity index (χ1n) is 26.8. The monoisotopic (exact) mass is 1210 g/mol. The fourth-order valence-electron chi connectivity index (χ4n) is 13.5. The highest BCUT2D eigenvalue weighted by Crippen LogP contribution is 2.69. The maximum absolute atomic E-state index is 13.3. The zero-order valence-electron chi connectivity index (χ0n) is 45.5. The zero-order valence-corrected chi connectivity index (χ0v) is 49.0. The lowest BCUT2D eigenvalue weighted by Gasteiger charge is -2.63. The number of thioether (sulfide) groups is 1. The fraction of sp³-hybridized carbons (Fsp3) is 0.812. The van der Waals surface area contributed by atoms with Gasteiger partial charge in [-0.3, -0.25) is 37.3 Å². The first-order valence-corrected chi connectivity index (χ1v) is 32.3. The third kappa shape index (κ3) is 14.4. The fourth-order valence-corrected chi connectivity index (χ4v) is 17.1. The van der Waals surface area contributed by atoms with Crippen molar-refractivity contribution in [1.29, 1.82) is 0 Å². The molecule has 2 aromatic heterocycles. The van der Waals surface area contributed by atoms with Crippen LogP contribution in [-0.4, -0.2) is 162 Å². The number of Topliss-reactive ketones (excluding diaryl/α,β-unsaturated/α-hetero) is 1. The van der Waals surface area contributed by atoms with Gasteiger partial charge in [-0.2, -0.15) is 4.31 Å². The molecule has 80 heavy (non-hydrogen) atoms. The number of aromatic nitrogens is 4. The Kier molecular flexibility index (Phi) is 20.5. The van der Waals surface area contributed by atoms with Gasteiger partial charge < -0.3 is 66.2 Å². The number of amides is 2. The molecule has 1 saturated heterocycles. The smallest absolute Gasteiger partial charge is 0.393 e. The van der Waals surface area contributed by atoms with Crippen molar-refractivity contribution in [3.8, 4) is 0 Å². The highest BCUT2D eigenvalue weighted by molar-refractivity contribution is 8.13. The highest BCUT2D eigenvalue weighted by Gasteiger charge is 2.66. The van der Waals surface area contributed by atoms with Gasteiger partial charge in [0.05, 0.1) is 43.8 Å². The van der Waals surface area contributed by atoms with E-state index in [1.165, 1.54) is 13.8 Å². The van der Waals surface area contributed by atoms with E-state index in [9.17, 15) is 78.0 Å². The second-order valence-corrected chi connectivity index (χ2v) is 28.8. The van der Waals surface area contributed by atoms with Crippen molar-refractivity contribution in [2.45, 2.75) is 155 Å². The largest absolute Gasteiger partial charge is 0.481 e. The van der Waals surface area contributed by atoms with Crippen molar-refractivity contribution >= 4 is 74.9 Å².